The van der Waals surface area contributed by atoms with Crippen molar-refractivity contribution in [3.8, 4) is 0 Å². The van der Waals surface area contributed by atoms with Crippen molar-refractivity contribution in [3.05, 3.63) is 34.6 Å². The van der Waals surface area contributed by atoms with Crippen molar-refractivity contribution in [3.63, 3.8) is 0 Å². The highest BCUT2D eigenvalue weighted by molar-refractivity contribution is 6.30. The van der Waals surface area contributed by atoms with Crippen molar-refractivity contribution in [1.29, 1.82) is 0 Å². The van der Waals surface area contributed by atoms with Gasteiger partial charge in [-0.1, -0.05) is 30.5 Å². The van der Waals surface area contributed by atoms with Gasteiger partial charge in [-0.15, -0.1) is 0 Å². The Bertz CT molecular complexity index is 550. The normalized spacial score (nSPS) is 21.8. The third kappa shape index (κ3) is 3.94. The topological polar surface area (TPSA) is 66.4 Å². The lowest BCUT2D eigenvalue weighted by Crippen LogP contribution is -2.39. The van der Waals surface area contributed by atoms with Gasteiger partial charge in [-0.2, -0.15) is 0 Å². The Morgan fingerprint density at radius 2 is 1.95 bits per heavy atom. The van der Waals surface area contributed by atoms with Crippen molar-refractivity contribution in [1.82, 2.24) is 5.32 Å². The number of hydrogen-bond donors (Lipinski definition) is 2. The van der Waals surface area contributed by atoms with E-state index in [1.165, 1.54) is 18.2 Å². The summed E-state index contributed by atoms with van der Waals surface area (Å²) in [5, 5.41) is 11.9. The van der Waals surface area contributed by atoms with Gasteiger partial charge in [0.1, 0.15) is 5.82 Å². The molecule has 2 rings (SSSR count). The molecule has 0 radical (unpaired) electrons. The van der Waals surface area contributed by atoms with Gasteiger partial charge in [-0.25, -0.2) is 4.39 Å². The number of carbonyl (C=O) groups excluding carboxylic acids is 1. The lowest BCUT2D eigenvalue weighted by molar-refractivity contribution is -0.148. The van der Waals surface area contributed by atoms with Crippen LogP contribution in [0.25, 0.3) is 0 Å². The number of nitrogens with one attached hydrogen (secondary N) is 1. The first kappa shape index (κ1) is 15.8. The molecule has 0 bridgehead atoms. The number of carboxylic acids is 1. The largest absolute Gasteiger partial charge is 0.481 e. The van der Waals surface area contributed by atoms with E-state index in [-0.39, 0.29) is 17.5 Å². The van der Waals surface area contributed by atoms with Crippen molar-refractivity contribution >= 4 is 23.5 Å². The average Bonchev–Trinajstić information content (AvgIpc) is 2.48. The van der Waals surface area contributed by atoms with Crippen molar-refractivity contribution in [2.24, 2.45) is 11.8 Å². The summed E-state index contributed by atoms with van der Waals surface area (Å²) in [6.07, 6.45) is 2.83. The smallest absolute Gasteiger partial charge is 0.307 e. The SMILES string of the molecule is O=C(O)C1CCCCC1C(=O)NCc1ccc(F)c(Cl)c1. The molecular weight excluding hydrogens is 297 g/mol. The van der Waals surface area contributed by atoms with Crippen LogP contribution in [-0.2, 0) is 16.1 Å². The van der Waals surface area contributed by atoms with E-state index < -0.39 is 23.6 Å². The molecule has 4 nitrogen and oxygen atoms in total. The molecule has 114 valence electrons. The van der Waals surface area contributed by atoms with Crippen molar-refractivity contribution in [2.75, 3.05) is 0 Å². The number of carboxylic acid groups (broad SMARTS) is 1. The highest BCUT2D eigenvalue weighted by atomic mass is 35.5. The quantitative estimate of drug-likeness (QED) is 0.898. The zero-order valence-electron chi connectivity index (χ0n) is 11.4. The van der Waals surface area contributed by atoms with Gasteiger partial charge in [-0.05, 0) is 30.5 Å². The van der Waals surface area contributed by atoms with Crippen LogP contribution in [0.2, 0.25) is 5.02 Å². The molecular formula is C15H17ClFNO3. The molecule has 1 aromatic rings. The lowest BCUT2D eigenvalue weighted by atomic mass is 9.78. The molecule has 1 aliphatic rings. The molecule has 0 spiro atoms. The standard InChI is InChI=1S/C15H17ClFNO3/c16-12-7-9(5-6-13(12)17)8-18-14(19)10-3-1-2-4-11(10)15(20)21/h5-7,10-11H,1-4,8H2,(H,18,19)(H,20,21). The second kappa shape index (κ2) is 6.89. The Labute approximate surface area is 127 Å². The summed E-state index contributed by atoms with van der Waals surface area (Å²) in [5.74, 6) is -2.80. The summed E-state index contributed by atoms with van der Waals surface area (Å²) < 4.78 is 13.0. The molecule has 1 fully saturated rings. The van der Waals surface area contributed by atoms with Crippen LogP contribution in [0, 0.1) is 17.7 Å². The van der Waals surface area contributed by atoms with Crippen LogP contribution < -0.4 is 5.32 Å². The molecule has 6 heteroatoms. The highest BCUT2D eigenvalue weighted by Gasteiger charge is 2.35. The zero-order valence-corrected chi connectivity index (χ0v) is 12.2. The van der Waals surface area contributed by atoms with Crippen LogP contribution in [0.5, 0.6) is 0 Å². The van der Waals surface area contributed by atoms with Crippen LogP contribution >= 0.6 is 11.6 Å². The van der Waals surface area contributed by atoms with Gasteiger partial charge in [0.05, 0.1) is 16.9 Å². The van der Waals surface area contributed by atoms with Crippen LogP contribution in [0.15, 0.2) is 18.2 Å². The Hall–Kier alpha value is -1.62. The molecule has 2 atom stereocenters. The fourth-order valence-electron chi connectivity index (χ4n) is 2.71. The first-order chi connectivity index (χ1) is 9.99. The van der Waals surface area contributed by atoms with Gasteiger partial charge in [-0.3, -0.25) is 9.59 Å². The molecule has 2 N–H and O–H groups in total. The maximum atomic E-state index is 13.0. The van der Waals surface area contributed by atoms with E-state index in [0.29, 0.717) is 18.4 Å². The molecule has 1 saturated carbocycles. The van der Waals surface area contributed by atoms with Crippen LogP contribution in [0.4, 0.5) is 4.39 Å². The van der Waals surface area contributed by atoms with Crippen molar-refractivity contribution in [2.45, 2.75) is 32.2 Å². The van der Waals surface area contributed by atoms with Gasteiger partial charge in [0.15, 0.2) is 0 Å². The minimum absolute atomic E-state index is 0.00262. The van der Waals surface area contributed by atoms with Gasteiger partial charge < -0.3 is 10.4 Å². The van der Waals surface area contributed by atoms with Gasteiger partial charge >= 0.3 is 5.97 Å². The summed E-state index contributed by atoms with van der Waals surface area (Å²) in [6.45, 7) is 0.210. The van der Waals surface area contributed by atoms with E-state index in [4.69, 9.17) is 11.6 Å². The molecule has 1 amide bonds. The number of hydrogen-bond acceptors (Lipinski definition) is 2. The predicted octanol–water partition coefficient (Wildman–Crippen LogP) is 2.99. The number of aliphatic carboxylic acids is 1. The fraction of sp³-hybridized carbons (Fsp3) is 0.467. The summed E-state index contributed by atoms with van der Waals surface area (Å²) in [5.41, 5.74) is 0.678. The fourth-order valence-corrected chi connectivity index (χ4v) is 2.91. The second-order valence-electron chi connectivity index (χ2n) is 5.30. The molecule has 2 unspecified atom stereocenters. The predicted molar refractivity (Wildman–Crippen MR) is 76.3 cm³/mol. The summed E-state index contributed by atoms with van der Waals surface area (Å²) in [4.78, 5) is 23.3. The third-order valence-electron chi connectivity index (χ3n) is 3.87. The zero-order chi connectivity index (χ0) is 15.4. The average molecular weight is 314 g/mol. The summed E-state index contributed by atoms with van der Waals surface area (Å²) in [6, 6.07) is 4.23. The summed E-state index contributed by atoms with van der Waals surface area (Å²) >= 11 is 5.68. The first-order valence-electron chi connectivity index (χ1n) is 6.93. The maximum Gasteiger partial charge on any atom is 0.307 e. The van der Waals surface area contributed by atoms with Gasteiger partial charge in [0.25, 0.3) is 0 Å². The number of rotatable bonds is 4. The Balaban J connectivity index is 1.96. The van der Waals surface area contributed by atoms with E-state index in [9.17, 15) is 19.1 Å². The van der Waals surface area contributed by atoms with E-state index in [2.05, 4.69) is 5.32 Å². The number of benzene rings is 1. The molecule has 0 heterocycles. The van der Waals surface area contributed by atoms with E-state index in [1.54, 1.807) is 0 Å². The number of carbonyl (C=O) groups is 2. The Morgan fingerprint density at radius 3 is 2.57 bits per heavy atom. The minimum Gasteiger partial charge on any atom is -0.481 e. The first-order valence-corrected chi connectivity index (χ1v) is 7.31. The highest BCUT2D eigenvalue weighted by Crippen LogP contribution is 2.30. The molecule has 0 aromatic heterocycles. The Morgan fingerprint density at radius 1 is 1.29 bits per heavy atom. The molecule has 1 aromatic carbocycles. The molecule has 0 saturated heterocycles. The van der Waals surface area contributed by atoms with E-state index >= 15 is 0 Å². The summed E-state index contributed by atoms with van der Waals surface area (Å²) in [7, 11) is 0. The van der Waals surface area contributed by atoms with Crippen LogP contribution in [0.1, 0.15) is 31.2 Å². The third-order valence-corrected chi connectivity index (χ3v) is 4.16. The number of amides is 1. The van der Waals surface area contributed by atoms with Crippen LogP contribution in [0.3, 0.4) is 0 Å². The van der Waals surface area contributed by atoms with Gasteiger partial charge in [0, 0.05) is 6.54 Å². The minimum atomic E-state index is -0.917. The Kier molecular flexibility index (Phi) is 5.17. The molecule has 0 aliphatic heterocycles. The second-order valence-corrected chi connectivity index (χ2v) is 5.71. The van der Waals surface area contributed by atoms with Crippen LogP contribution in [-0.4, -0.2) is 17.0 Å². The van der Waals surface area contributed by atoms with Gasteiger partial charge in [0.2, 0.25) is 5.91 Å². The molecule has 21 heavy (non-hydrogen) atoms. The molecule has 1 aliphatic carbocycles. The van der Waals surface area contributed by atoms with Crippen molar-refractivity contribution < 1.29 is 19.1 Å². The lowest BCUT2D eigenvalue weighted by Gasteiger charge is -2.27. The monoisotopic (exact) mass is 313 g/mol. The number of halogens is 2. The van der Waals surface area contributed by atoms with E-state index in [0.717, 1.165) is 12.8 Å². The maximum absolute atomic E-state index is 13.0. The van der Waals surface area contributed by atoms with E-state index in [1.807, 2.05) is 0 Å².